The van der Waals surface area contributed by atoms with Crippen molar-refractivity contribution >= 4 is 0 Å². The zero-order chi connectivity index (χ0) is 24.7. The second-order valence-corrected chi connectivity index (χ2v) is 14.3. The van der Waals surface area contributed by atoms with Crippen LogP contribution in [0.5, 0.6) is 0 Å². The predicted octanol–water partition coefficient (Wildman–Crippen LogP) is 7.79. The number of unbranched alkanes of at least 4 members (excludes halogenated alkanes) is 1. The Hall–Kier alpha value is -0.120. The zero-order valence-corrected chi connectivity index (χ0v) is 23.5. The molecule has 0 aromatic heterocycles. The molecule has 3 heteroatoms. The number of rotatable bonds is 8. The van der Waals surface area contributed by atoms with Gasteiger partial charge in [-0.1, -0.05) is 33.6 Å². The Kier molecular flexibility index (Phi) is 8.40. The van der Waals surface area contributed by atoms with Crippen molar-refractivity contribution in [2.45, 2.75) is 150 Å². The van der Waals surface area contributed by atoms with E-state index in [1.54, 1.807) is 0 Å². The number of aliphatic hydroxyl groups is 1. The number of hydrogen-bond acceptors (Lipinski definition) is 3. The predicted molar refractivity (Wildman–Crippen MR) is 138 cm³/mol. The fourth-order valence-corrected chi connectivity index (χ4v) is 8.31. The summed E-state index contributed by atoms with van der Waals surface area (Å²) < 4.78 is 12.7. The highest BCUT2D eigenvalue weighted by molar-refractivity contribution is 5.10. The minimum atomic E-state index is -0.156. The lowest BCUT2D eigenvalue weighted by Crippen LogP contribution is -2.57. The molecule has 1 N–H and O–H groups in total. The number of ether oxygens (including phenoxy) is 2. The van der Waals surface area contributed by atoms with Crippen molar-refractivity contribution in [3.05, 3.63) is 0 Å². The Morgan fingerprint density at radius 2 is 1.61 bits per heavy atom. The van der Waals surface area contributed by atoms with E-state index >= 15 is 0 Å². The SMILES string of the molecule is CCCCC1C(O)CC2C3CCC(OC(C)(C)C)C3(C)CCC2C1(C)CCCOC(C)(C)C. The Balaban J connectivity index is 1.81. The molecular weight excluding hydrogens is 408 g/mol. The molecule has 0 aliphatic heterocycles. The average Bonchev–Trinajstić information content (AvgIpc) is 2.99. The van der Waals surface area contributed by atoms with Crippen LogP contribution >= 0.6 is 0 Å². The molecule has 8 atom stereocenters. The van der Waals surface area contributed by atoms with Crippen molar-refractivity contribution in [3.8, 4) is 0 Å². The fraction of sp³-hybridized carbons (Fsp3) is 1.00. The highest BCUT2D eigenvalue weighted by atomic mass is 16.5. The maximum Gasteiger partial charge on any atom is 0.0638 e. The van der Waals surface area contributed by atoms with E-state index in [1.807, 2.05) is 0 Å². The molecule has 194 valence electrons. The van der Waals surface area contributed by atoms with Crippen molar-refractivity contribution < 1.29 is 14.6 Å². The first-order valence-electron chi connectivity index (χ1n) is 14.2. The molecule has 8 unspecified atom stereocenters. The topological polar surface area (TPSA) is 38.7 Å². The molecule has 3 rings (SSSR count). The van der Waals surface area contributed by atoms with Crippen LogP contribution in [-0.2, 0) is 9.47 Å². The third-order valence-corrected chi connectivity index (χ3v) is 9.78. The first-order valence-corrected chi connectivity index (χ1v) is 14.2. The fourth-order valence-electron chi connectivity index (χ4n) is 8.31. The van der Waals surface area contributed by atoms with E-state index in [0.717, 1.165) is 25.4 Å². The summed E-state index contributed by atoms with van der Waals surface area (Å²) in [6.07, 6.45) is 12.2. The lowest BCUT2D eigenvalue weighted by molar-refractivity contribution is -0.174. The monoisotopic (exact) mass is 464 g/mol. The van der Waals surface area contributed by atoms with Gasteiger partial charge in [0.1, 0.15) is 0 Å². The summed E-state index contributed by atoms with van der Waals surface area (Å²) in [5.41, 5.74) is 0.317. The number of fused-ring (bicyclic) bond motifs is 3. The van der Waals surface area contributed by atoms with Crippen molar-refractivity contribution in [1.29, 1.82) is 0 Å². The Morgan fingerprint density at radius 1 is 0.909 bits per heavy atom. The first-order chi connectivity index (χ1) is 15.2. The summed E-state index contributed by atoms with van der Waals surface area (Å²) in [6.45, 7) is 21.2. The van der Waals surface area contributed by atoms with Gasteiger partial charge in [-0.3, -0.25) is 0 Å². The van der Waals surface area contributed by atoms with Crippen LogP contribution in [-0.4, -0.2) is 35.1 Å². The summed E-state index contributed by atoms with van der Waals surface area (Å²) in [7, 11) is 0. The molecule has 3 aliphatic carbocycles. The minimum Gasteiger partial charge on any atom is -0.393 e. The lowest BCUT2D eigenvalue weighted by Gasteiger charge is -2.60. The largest absolute Gasteiger partial charge is 0.393 e. The molecule has 0 saturated heterocycles. The molecule has 3 nitrogen and oxygen atoms in total. The molecule has 0 aromatic rings. The van der Waals surface area contributed by atoms with Crippen LogP contribution in [0.1, 0.15) is 127 Å². The van der Waals surface area contributed by atoms with Gasteiger partial charge in [0, 0.05) is 6.61 Å². The molecular formula is C30H56O3. The van der Waals surface area contributed by atoms with Crippen molar-refractivity contribution in [3.63, 3.8) is 0 Å². The van der Waals surface area contributed by atoms with Gasteiger partial charge in [0.2, 0.25) is 0 Å². The molecule has 3 fully saturated rings. The molecule has 33 heavy (non-hydrogen) atoms. The summed E-state index contributed by atoms with van der Waals surface area (Å²) in [5.74, 6) is 2.49. The van der Waals surface area contributed by atoms with E-state index in [2.05, 4.69) is 62.3 Å². The molecule has 3 aliphatic rings. The van der Waals surface area contributed by atoms with Crippen molar-refractivity contribution in [2.24, 2.45) is 34.5 Å². The van der Waals surface area contributed by atoms with Gasteiger partial charge < -0.3 is 14.6 Å². The van der Waals surface area contributed by atoms with Gasteiger partial charge in [-0.2, -0.15) is 0 Å². The Labute approximate surface area is 205 Å². The highest BCUT2D eigenvalue weighted by Crippen LogP contribution is 2.66. The van der Waals surface area contributed by atoms with Gasteiger partial charge in [-0.25, -0.2) is 0 Å². The van der Waals surface area contributed by atoms with Crippen molar-refractivity contribution in [2.75, 3.05) is 6.61 Å². The van der Waals surface area contributed by atoms with Gasteiger partial charge in [-0.05, 0) is 127 Å². The average molecular weight is 465 g/mol. The van der Waals surface area contributed by atoms with E-state index < -0.39 is 0 Å². The van der Waals surface area contributed by atoms with Crippen LogP contribution < -0.4 is 0 Å². The van der Waals surface area contributed by atoms with Crippen LogP contribution in [0.2, 0.25) is 0 Å². The molecule has 0 heterocycles. The van der Waals surface area contributed by atoms with Crippen LogP contribution in [0.25, 0.3) is 0 Å². The second kappa shape index (κ2) is 10.1. The van der Waals surface area contributed by atoms with Crippen molar-refractivity contribution in [1.82, 2.24) is 0 Å². The smallest absolute Gasteiger partial charge is 0.0638 e. The maximum atomic E-state index is 11.5. The third-order valence-electron chi connectivity index (χ3n) is 9.78. The van der Waals surface area contributed by atoms with E-state index in [0.29, 0.717) is 23.9 Å². The summed E-state index contributed by atoms with van der Waals surface area (Å²) in [5, 5.41) is 11.5. The summed E-state index contributed by atoms with van der Waals surface area (Å²) >= 11 is 0. The van der Waals surface area contributed by atoms with Gasteiger partial charge >= 0.3 is 0 Å². The Bertz CT molecular complexity index is 631. The number of aliphatic hydroxyl groups excluding tert-OH is 1. The van der Waals surface area contributed by atoms with Crippen LogP contribution in [0.15, 0.2) is 0 Å². The first kappa shape index (κ1) is 27.5. The highest BCUT2D eigenvalue weighted by Gasteiger charge is 2.61. The lowest BCUT2D eigenvalue weighted by atomic mass is 9.45. The molecule has 3 saturated carbocycles. The standard InChI is InChI=1S/C30H56O3/c1-10-11-13-24-25(31)20-21-22-14-15-26(33-28(5,6)7)30(22,9)18-16-23(21)29(24,8)17-12-19-32-27(2,3)4/h21-26,31H,10-20H2,1-9H3. The second-order valence-electron chi connectivity index (χ2n) is 14.3. The van der Waals surface area contributed by atoms with E-state index in [9.17, 15) is 5.11 Å². The van der Waals surface area contributed by atoms with Gasteiger partial charge in [0.05, 0.1) is 23.4 Å². The van der Waals surface area contributed by atoms with Gasteiger partial charge in [-0.15, -0.1) is 0 Å². The Morgan fingerprint density at radius 3 is 2.21 bits per heavy atom. The normalized spacial score (nSPS) is 41.6. The maximum absolute atomic E-state index is 11.5. The van der Waals surface area contributed by atoms with Crippen LogP contribution in [0, 0.1) is 34.5 Å². The summed E-state index contributed by atoms with van der Waals surface area (Å²) in [4.78, 5) is 0. The van der Waals surface area contributed by atoms with Crippen LogP contribution in [0.3, 0.4) is 0 Å². The molecule has 0 aromatic carbocycles. The summed E-state index contributed by atoms with van der Waals surface area (Å²) in [6, 6.07) is 0. The van der Waals surface area contributed by atoms with E-state index in [4.69, 9.17) is 9.47 Å². The molecule has 0 amide bonds. The van der Waals surface area contributed by atoms with Crippen LogP contribution in [0.4, 0.5) is 0 Å². The molecule has 0 bridgehead atoms. The van der Waals surface area contributed by atoms with E-state index in [1.165, 1.54) is 51.4 Å². The minimum absolute atomic E-state index is 0.0737. The number of hydrogen-bond donors (Lipinski definition) is 1. The molecule has 0 radical (unpaired) electrons. The van der Waals surface area contributed by atoms with Gasteiger partial charge in [0.25, 0.3) is 0 Å². The zero-order valence-electron chi connectivity index (χ0n) is 23.5. The third kappa shape index (κ3) is 6.00. The van der Waals surface area contributed by atoms with Gasteiger partial charge in [0.15, 0.2) is 0 Å². The quantitative estimate of drug-likeness (QED) is 0.373. The van der Waals surface area contributed by atoms with E-state index in [-0.39, 0.29) is 28.1 Å². The molecule has 0 spiro atoms.